The molecule has 166 valence electrons. The van der Waals surface area contributed by atoms with Crippen LogP contribution in [0.15, 0.2) is 81.7 Å². The number of halogens is 3. The molecule has 11 heteroatoms. The Hall–Kier alpha value is -2.72. The van der Waals surface area contributed by atoms with E-state index in [1.165, 1.54) is 18.0 Å². The molecule has 2 aromatic heterocycles. The fraction of sp³-hybridized carbons (Fsp3) is 0.0455. The summed E-state index contributed by atoms with van der Waals surface area (Å²) in [5, 5.41) is 14.2. The van der Waals surface area contributed by atoms with Gasteiger partial charge in [-0.25, -0.2) is 5.43 Å². The van der Waals surface area contributed by atoms with Crippen LogP contribution < -0.4 is 5.43 Å². The average molecular weight is 562 g/mol. The molecule has 1 N–H and O–H groups in total. The van der Waals surface area contributed by atoms with Crippen molar-refractivity contribution in [3.05, 3.63) is 87.1 Å². The molecule has 4 rings (SSSR count). The summed E-state index contributed by atoms with van der Waals surface area (Å²) in [5.41, 5.74) is 4.87. The van der Waals surface area contributed by atoms with Crippen LogP contribution in [0.2, 0.25) is 10.0 Å². The molecule has 0 aliphatic heterocycles. The lowest BCUT2D eigenvalue weighted by molar-refractivity contribution is -0.118. The van der Waals surface area contributed by atoms with Gasteiger partial charge in [0.05, 0.1) is 17.0 Å². The number of pyridine rings is 1. The highest BCUT2D eigenvalue weighted by molar-refractivity contribution is 9.10. The standard InChI is InChI=1S/C22H15BrCl2N6OS/c23-16-2-5-18(6-3-16)31-21(14-7-9-26-10-8-14)29-30-22(31)33-13-20(32)28-27-12-15-1-4-17(24)11-19(15)25/h1-12H,13H2,(H,28,32)/b27-12-. The number of hydrogen-bond acceptors (Lipinski definition) is 6. The molecule has 7 nitrogen and oxygen atoms in total. The summed E-state index contributed by atoms with van der Waals surface area (Å²) in [7, 11) is 0. The molecule has 0 saturated carbocycles. The lowest BCUT2D eigenvalue weighted by Gasteiger charge is -2.10. The van der Waals surface area contributed by atoms with E-state index in [9.17, 15) is 4.79 Å². The van der Waals surface area contributed by atoms with Gasteiger partial charge in [0.2, 0.25) is 0 Å². The molecule has 0 bridgehead atoms. The maximum absolute atomic E-state index is 12.3. The quantitative estimate of drug-likeness (QED) is 0.179. The molecule has 0 aliphatic rings. The Morgan fingerprint density at radius 3 is 2.58 bits per heavy atom. The Kier molecular flexibility index (Phi) is 7.77. The van der Waals surface area contributed by atoms with Gasteiger partial charge in [-0.1, -0.05) is 57.0 Å². The maximum Gasteiger partial charge on any atom is 0.250 e. The molecule has 0 fully saturated rings. The second-order valence-corrected chi connectivity index (χ2v) is 9.30. The van der Waals surface area contributed by atoms with Crippen molar-refractivity contribution in [2.24, 2.45) is 5.10 Å². The van der Waals surface area contributed by atoms with Gasteiger partial charge in [-0.3, -0.25) is 14.3 Å². The Labute approximate surface area is 212 Å². The normalized spacial score (nSPS) is 11.1. The number of carbonyl (C=O) groups is 1. The van der Waals surface area contributed by atoms with E-state index in [0.717, 1.165) is 15.7 Å². The largest absolute Gasteiger partial charge is 0.272 e. The van der Waals surface area contributed by atoms with Crippen molar-refractivity contribution in [2.75, 3.05) is 5.75 Å². The van der Waals surface area contributed by atoms with Crippen molar-refractivity contribution in [1.82, 2.24) is 25.2 Å². The van der Waals surface area contributed by atoms with Gasteiger partial charge in [-0.2, -0.15) is 5.10 Å². The minimum atomic E-state index is -0.294. The van der Waals surface area contributed by atoms with Crippen molar-refractivity contribution in [1.29, 1.82) is 0 Å². The molecule has 2 aromatic carbocycles. The van der Waals surface area contributed by atoms with Gasteiger partial charge in [0.1, 0.15) is 0 Å². The Morgan fingerprint density at radius 1 is 1.09 bits per heavy atom. The zero-order valence-electron chi connectivity index (χ0n) is 16.8. The van der Waals surface area contributed by atoms with E-state index in [-0.39, 0.29) is 11.7 Å². The third-order valence-corrected chi connectivity index (χ3v) is 6.36. The van der Waals surface area contributed by atoms with Crippen LogP contribution in [0.3, 0.4) is 0 Å². The fourth-order valence-electron chi connectivity index (χ4n) is 2.82. The van der Waals surface area contributed by atoms with Crippen molar-refractivity contribution >= 4 is 63.0 Å². The molecule has 0 radical (unpaired) electrons. The number of benzene rings is 2. The molecular formula is C22H15BrCl2N6OS. The highest BCUT2D eigenvalue weighted by Gasteiger charge is 2.17. The Morgan fingerprint density at radius 2 is 1.85 bits per heavy atom. The number of hydrazone groups is 1. The molecule has 2 heterocycles. The number of aromatic nitrogens is 4. The smallest absolute Gasteiger partial charge is 0.250 e. The summed E-state index contributed by atoms with van der Waals surface area (Å²) < 4.78 is 2.85. The van der Waals surface area contributed by atoms with Gasteiger partial charge in [0.15, 0.2) is 11.0 Å². The number of thioether (sulfide) groups is 1. The summed E-state index contributed by atoms with van der Waals surface area (Å²) in [6.07, 6.45) is 4.86. The van der Waals surface area contributed by atoms with Crippen LogP contribution >= 0.6 is 50.9 Å². The Balaban J connectivity index is 1.49. The number of carbonyl (C=O) groups excluding carboxylic acids is 1. The lowest BCUT2D eigenvalue weighted by atomic mass is 10.2. The van der Waals surface area contributed by atoms with Gasteiger partial charge in [0.25, 0.3) is 5.91 Å². The average Bonchev–Trinajstić information content (AvgIpc) is 3.24. The van der Waals surface area contributed by atoms with Crippen molar-refractivity contribution in [2.45, 2.75) is 5.16 Å². The second-order valence-electron chi connectivity index (χ2n) is 6.60. The van der Waals surface area contributed by atoms with Gasteiger partial charge in [0, 0.05) is 38.7 Å². The number of amides is 1. The molecular weight excluding hydrogens is 547 g/mol. The van der Waals surface area contributed by atoms with Crippen LogP contribution in [0.4, 0.5) is 0 Å². The van der Waals surface area contributed by atoms with Crippen LogP contribution in [0, 0.1) is 0 Å². The monoisotopic (exact) mass is 560 g/mol. The minimum Gasteiger partial charge on any atom is -0.272 e. The first-order chi connectivity index (χ1) is 16.0. The van der Waals surface area contributed by atoms with Gasteiger partial charge < -0.3 is 0 Å². The van der Waals surface area contributed by atoms with Crippen molar-refractivity contribution in [3.8, 4) is 17.1 Å². The molecule has 0 spiro atoms. The predicted octanol–water partition coefficient (Wildman–Crippen LogP) is 5.64. The SMILES string of the molecule is O=C(CSc1nnc(-c2ccncc2)n1-c1ccc(Br)cc1)N/N=C\c1ccc(Cl)cc1Cl. The maximum atomic E-state index is 12.3. The molecule has 1 amide bonds. The first kappa shape index (κ1) is 23.4. The topological polar surface area (TPSA) is 85.1 Å². The molecule has 0 atom stereocenters. The third kappa shape index (κ3) is 6.00. The number of nitrogens with one attached hydrogen (secondary N) is 1. The fourth-order valence-corrected chi connectivity index (χ4v) is 4.28. The molecule has 0 unspecified atom stereocenters. The minimum absolute atomic E-state index is 0.0939. The zero-order chi connectivity index (χ0) is 23.2. The van der Waals surface area contributed by atoms with E-state index in [4.69, 9.17) is 23.2 Å². The van der Waals surface area contributed by atoms with E-state index in [0.29, 0.717) is 26.6 Å². The van der Waals surface area contributed by atoms with Crippen molar-refractivity contribution < 1.29 is 4.79 Å². The van der Waals surface area contributed by atoms with E-state index in [1.54, 1.807) is 30.6 Å². The molecule has 33 heavy (non-hydrogen) atoms. The second kappa shape index (κ2) is 10.9. The summed E-state index contributed by atoms with van der Waals surface area (Å²) in [5.74, 6) is 0.451. The van der Waals surface area contributed by atoms with Crippen LogP contribution in [-0.2, 0) is 4.79 Å². The zero-order valence-corrected chi connectivity index (χ0v) is 20.7. The summed E-state index contributed by atoms with van der Waals surface area (Å²) in [6, 6.07) is 16.5. The van der Waals surface area contributed by atoms with E-state index in [1.807, 2.05) is 41.0 Å². The van der Waals surface area contributed by atoms with Crippen LogP contribution in [0.25, 0.3) is 17.1 Å². The van der Waals surface area contributed by atoms with E-state index < -0.39 is 0 Å². The summed E-state index contributed by atoms with van der Waals surface area (Å²) >= 11 is 16.7. The third-order valence-electron chi connectivity index (χ3n) is 4.34. The van der Waals surface area contributed by atoms with Crippen LogP contribution in [0.1, 0.15) is 5.56 Å². The molecule has 4 aromatic rings. The number of rotatable bonds is 7. The Bertz CT molecular complexity index is 1300. The van der Waals surface area contributed by atoms with E-state index in [2.05, 4.69) is 41.6 Å². The van der Waals surface area contributed by atoms with Crippen LogP contribution in [0.5, 0.6) is 0 Å². The van der Waals surface area contributed by atoms with Gasteiger partial charge >= 0.3 is 0 Å². The highest BCUT2D eigenvalue weighted by atomic mass is 79.9. The first-order valence-electron chi connectivity index (χ1n) is 9.53. The van der Waals surface area contributed by atoms with E-state index >= 15 is 0 Å². The first-order valence-corrected chi connectivity index (χ1v) is 12.1. The van der Waals surface area contributed by atoms with Gasteiger partial charge in [-0.05, 0) is 48.5 Å². The highest BCUT2D eigenvalue weighted by Crippen LogP contribution is 2.28. The molecule has 0 saturated heterocycles. The van der Waals surface area contributed by atoms with Crippen molar-refractivity contribution in [3.63, 3.8) is 0 Å². The number of hydrogen-bond donors (Lipinski definition) is 1. The predicted molar refractivity (Wildman–Crippen MR) is 135 cm³/mol. The lowest BCUT2D eigenvalue weighted by Crippen LogP contribution is -2.20. The van der Waals surface area contributed by atoms with Gasteiger partial charge in [-0.15, -0.1) is 10.2 Å². The van der Waals surface area contributed by atoms with Crippen LogP contribution in [-0.4, -0.2) is 37.6 Å². The molecule has 0 aliphatic carbocycles. The summed E-state index contributed by atoms with van der Waals surface area (Å²) in [6.45, 7) is 0. The number of nitrogens with zero attached hydrogens (tertiary/aromatic N) is 5. The summed E-state index contributed by atoms with van der Waals surface area (Å²) in [4.78, 5) is 16.4.